The van der Waals surface area contributed by atoms with E-state index in [1.54, 1.807) is 12.0 Å². The van der Waals surface area contributed by atoms with Crippen LogP contribution in [-0.2, 0) is 9.53 Å². The van der Waals surface area contributed by atoms with E-state index in [0.29, 0.717) is 19.2 Å². The van der Waals surface area contributed by atoms with Gasteiger partial charge in [0.15, 0.2) is 0 Å². The van der Waals surface area contributed by atoms with Gasteiger partial charge in [-0.2, -0.15) is 0 Å². The van der Waals surface area contributed by atoms with Gasteiger partial charge in [0.25, 0.3) is 0 Å². The normalized spacial score (nSPS) is 14.7. The summed E-state index contributed by atoms with van der Waals surface area (Å²) in [6, 6.07) is 0.515. The molecule has 0 saturated carbocycles. The molecular formula is C11H24N2O2. The van der Waals surface area contributed by atoms with Crippen LogP contribution in [-0.4, -0.2) is 50.2 Å². The van der Waals surface area contributed by atoms with Crippen molar-refractivity contribution < 1.29 is 9.53 Å². The summed E-state index contributed by atoms with van der Waals surface area (Å²) in [5, 5.41) is 3.18. The number of hydrogen-bond acceptors (Lipinski definition) is 3. The number of carbonyl (C=O) groups excluding carboxylic acids is 1. The summed E-state index contributed by atoms with van der Waals surface area (Å²) in [7, 11) is 3.45. The Hall–Kier alpha value is -0.610. The van der Waals surface area contributed by atoms with Gasteiger partial charge in [-0.15, -0.1) is 0 Å². The van der Waals surface area contributed by atoms with Crippen molar-refractivity contribution in [3.8, 4) is 0 Å². The second-order valence-electron chi connectivity index (χ2n) is 4.00. The van der Waals surface area contributed by atoms with Crippen LogP contribution in [0.15, 0.2) is 0 Å². The van der Waals surface area contributed by atoms with Crippen molar-refractivity contribution in [2.75, 3.05) is 27.3 Å². The number of nitrogens with one attached hydrogen (secondary N) is 1. The highest BCUT2D eigenvalue weighted by Crippen LogP contribution is 1.96. The van der Waals surface area contributed by atoms with Gasteiger partial charge >= 0.3 is 0 Å². The molecule has 0 aliphatic carbocycles. The number of likely N-dealkylation sites (N-methyl/N-ethyl adjacent to an activating group) is 1. The SMILES string of the molecule is CCC(C)NCC(=O)N(C)C(C)COC. The first-order valence-electron chi connectivity index (χ1n) is 5.50. The number of ether oxygens (including phenoxy) is 1. The number of amides is 1. The molecule has 2 atom stereocenters. The monoisotopic (exact) mass is 216 g/mol. The maximum atomic E-state index is 11.7. The molecule has 2 unspecified atom stereocenters. The Morgan fingerprint density at radius 2 is 2.07 bits per heavy atom. The van der Waals surface area contributed by atoms with Crippen molar-refractivity contribution in [1.82, 2.24) is 10.2 Å². The second kappa shape index (κ2) is 7.65. The lowest BCUT2D eigenvalue weighted by Crippen LogP contribution is -2.44. The minimum absolute atomic E-state index is 0.111. The third-order valence-corrected chi connectivity index (χ3v) is 2.68. The van der Waals surface area contributed by atoms with Crippen LogP contribution in [0.5, 0.6) is 0 Å². The standard InChI is InChI=1S/C11H24N2O2/c1-6-9(2)12-7-11(14)13(4)10(3)8-15-5/h9-10,12H,6-8H2,1-5H3. The molecule has 0 radical (unpaired) electrons. The average Bonchev–Trinajstić information content (AvgIpc) is 2.24. The van der Waals surface area contributed by atoms with Gasteiger partial charge in [0.2, 0.25) is 5.91 Å². The van der Waals surface area contributed by atoms with Crippen molar-refractivity contribution in [3.63, 3.8) is 0 Å². The van der Waals surface area contributed by atoms with E-state index in [-0.39, 0.29) is 11.9 Å². The first-order valence-corrected chi connectivity index (χ1v) is 5.50. The van der Waals surface area contributed by atoms with Crippen molar-refractivity contribution in [2.45, 2.75) is 39.3 Å². The molecule has 90 valence electrons. The fourth-order valence-corrected chi connectivity index (χ4v) is 1.13. The topological polar surface area (TPSA) is 41.6 Å². The predicted octanol–water partition coefficient (Wildman–Crippen LogP) is 0.868. The molecule has 0 bridgehead atoms. The molecule has 1 amide bonds. The van der Waals surface area contributed by atoms with E-state index in [0.717, 1.165) is 6.42 Å². The van der Waals surface area contributed by atoms with Gasteiger partial charge < -0.3 is 15.0 Å². The Labute approximate surface area is 93.0 Å². The van der Waals surface area contributed by atoms with E-state index in [1.807, 2.05) is 14.0 Å². The Kier molecular flexibility index (Phi) is 7.34. The van der Waals surface area contributed by atoms with Crippen molar-refractivity contribution >= 4 is 5.91 Å². The van der Waals surface area contributed by atoms with Gasteiger partial charge in [-0.3, -0.25) is 4.79 Å². The molecule has 15 heavy (non-hydrogen) atoms. The summed E-state index contributed by atoms with van der Waals surface area (Å²) >= 11 is 0. The van der Waals surface area contributed by atoms with Gasteiger partial charge in [-0.05, 0) is 20.3 Å². The van der Waals surface area contributed by atoms with E-state index in [9.17, 15) is 4.79 Å². The Balaban J connectivity index is 3.88. The molecular weight excluding hydrogens is 192 g/mol. The number of carbonyl (C=O) groups is 1. The predicted molar refractivity (Wildman–Crippen MR) is 61.9 cm³/mol. The maximum absolute atomic E-state index is 11.7. The summed E-state index contributed by atoms with van der Waals surface area (Å²) in [6.07, 6.45) is 1.03. The minimum atomic E-state index is 0.111. The first-order chi connectivity index (χ1) is 7.02. The molecule has 4 nitrogen and oxygen atoms in total. The molecule has 0 fully saturated rings. The Morgan fingerprint density at radius 1 is 1.47 bits per heavy atom. The van der Waals surface area contributed by atoms with Crippen LogP contribution in [0.3, 0.4) is 0 Å². The number of methoxy groups -OCH3 is 1. The van der Waals surface area contributed by atoms with E-state index in [1.165, 1.54) is 0 Å². The lowest BCUT2D eigenvalue weighted by Gasteiger charge is -2.25. The molecule has 0 aliphatic rings. The summed E-state index contributed by atoms with van der Waals surface area (Å²) in [5.41, 5.74) is 0. The molecule has 0 aromatic heterocycles. The smallest absolute Gasteiger partial charge is 0.236 e. The summed E-state index contributed by atoms with van der Waals surface area (Å²) in [4.78, 5) is 13.4. The Bertz CT molecular complexity index is 185. The molecule has 0 aliphatic heterocycles. The molecule has 0 aromatic rings. The zero-order valence-electron chi connectivity index (χ0n) is 10.5. The molecule has 0 rings (SSSR count). The number of rotatable bonds is 7. The summed E-state index contributed by atoms with van der Waals surface area (Å²) in [5.74, 6) is 0.111. The second-order valence-corrected chi connectivity index (χ2v) is 4.00. The third-order valence-electron chi connectivity index (χ3n) is 2.68. The van der Waals surface area contributed by atoms with Gasteiger partial charge in [-0.25, -0.2) is 0 Å². The average molecular weight is 216 g/mol. The molecule has 0 aromatic carbocycles. The zero-order valence-corrected chi connectivity index (χ0v) is 10.5. The first kappa shape index (κ1) is 14.4. The number of hydrogen-bond donors (Lipinski definition) is 1. The largest absolute Gasteiger partial charge is 0.383 e. The zero-order chi connectivity index (χ0) is 11.8. The van der Waals surface area contributed by atoms with Crippen molar-refractivity contribution in [2.24, 2.45) is 0 Å². The van der Waals surface area contributed by atoms with Crippen LogP contribution in [0.4, 0.5) is 0 Å². The highest BCUT2D eigenvalue weighted by atomic mass is 16.5. The number of nitrogens with zero attached hydrogens (tertiary/aromatic N) is 1. The van der Waals surface area contributed by atoms with Crippen LogP contribution in [0.2, 0.25) is 0 Å². The third kappa shape index (κ3) is 5.74. The van der Waals surface area contributed by atoms with E-state index in [4.69, 9.17) is 4.74 Å². The van der Waals surface area contributed by atoms with Crippen LogP contribution in [0.25, 0.3) is 0 Å². The quantitative estimate of drug-likeness (QED) is 0.686. The Morgan fingerprint density at radius 3 is 2.53 bits per heavy atom. The van der Waals surface area contributed by atoms with E-state index in [2.05, 4.69) is 19.2 Å². The van der Waals surface area contributed by atoms with E-state index >= 15 is 0 Å². The van der Waals surface area contributed by atoms with Crippen LogP contribution < -0.4 is 5.32 Å². The van der Waals surface area contributed by atoms with Crippen molar-refractivity contribution in [1.29, 1.82) is 0 Å². The minimum Gasteiger partial charge on any atom is -0.383 e. The van der Waals surface area contributed by atoms with Gasteiger partial charge in [-0.1, -0.05) is 6.92 Å². The fourth-order valence-electron chi connectivity index (χ4n) is 1.13. The van der Waals surface area contributed by atoms with Crippen LogP contribution >= 0.6 is 0 Å². The lowest BCUT2D eigenvalue weighted by atomic mass is 10.2. The summed E-state index contributed by atoms with van der Waals surface area (Å²) < 4.78 is 5.01. The molecule has 0 spiro atoms. The molecule has 0 heterocycles. The highest BCUT2D eigenvalue weighted by molar-refractivity contribution is 5.78. The van der Waals surface area contributed by atoms with Gasteiger partial charge in [0, 0.05) is 20.2 Å². The van der Waals surface area contributed by atoms with E-state index < -0.39 is 0 Å². The lowest BCUT2D eigenvalue weighted by molar-refractivity contribution is -0.131. The highest BCUT2D eigenvalue weighted by Gasteiger charge is 2.15. The van der Waals surface area contributed by atoms with Gasteiger partial charge in [0.1, 0.15) is 0 Å². The van der Waals surface area contributed by atoms with Gasteiger partial charge in [0.05, 0.1) is 19.2 Å². The fraction of sp³-hybridized carbons (Fsp3) is 0.909. The van der Waals surface area contributed by atoms with Crippen molar-refractivity contribution in [3.05, 3.63) is 0 Å². The molecule has 1 N–H and O–H groups in total. The van der Waals surface area contributed by atoms with Crippen LogP contribution in [0.1, 0.15) is 27.2 Å². The molecule has 0 saturated heterocycles. The maximum Gasteiger partial charge on any atom is 0.236 e. The summed E-state index contributed by atoms with van der Waals surface area (Å²) in [6.45, 7) is 7.13. The molecule has 4 heteroatoms. The van der Waals surface area contributed by atoms with Crippen LogP contribution in [0, 0.1) is 0 Å².